The first-order valence-corrected chi connectivity index (χ1v) is 9.65. The van der Waals surface area contributed by atoms with Crippen LogP contribution in [-0.2, 0) is 0 Å². The highest BCUT2D eigenvalue weighted by Gasteiger charge is 2.41. The molecule has 1 rings (SSSR count). The molecule has 1 aliphatic rings. The molecule has 0 bridgehead atoms. The maximum atomic E-state index is 3.64. The SMILES string of the molecule is C[SiH2]N[SiH2]N1C(C)C1CC[SiH3]. The molecule has 0 aliphatic carbocycles. The lowest BCUT2D eigenvalue weighted by Gasteiger charge is -2.01. The minimum absolute atomic E-state index is 0.00247. The minimum Gasteiger partial charge on any atom is -0.357 e. The van der Waals surface area contributed by atoms with Gasteiger partial charge in [-0.3, -0.25) is 0 Å². The van der Waals surface area contributed by atoms with Crippen molar-refractivity contribution in [2.24, 2.45) is 0 Å². The maximum Gasteiger partial charge on any atom is 0.163 e. The molecule has 5 heteroatoms. The summed E-state index contributed by atoms with van der Waals surface area (Å²) in [6.45, 7) is 4.72. The van der Waals surface area contributed by atoms with E-state index in [9.17, 15) is 0 Å². The Bertz CT molecular complexity index is 122. The number of nitrogens with one attached hydrogen (secondary N) is 1. The molecule has 1 N–H and O–H groups in total. The quantitative estimate of drug-likeness (QED) is 0.410. The van der Waals surface area contributed by atoms with Crippen LogP contribution < -0.4 is 4.65 Å². The molecule has 0 aromatic rings. The van der Waals surface area contributed by atoms with Gasteiger partial charge in [-0.1, -0.05) is 12.6 Å². The number of nitrogens with zero attached hydrogens (tertiary/aromatic N) is 1. The highest BCUT2D eigenvalue weighted by atomic mass is 28.3. The molecule has 1 aliphatic heterocycles. The van der Waals surface area contributed by atoms with E-state index >= 15 is 0 Å². The highest BCUT2D eigenvalue weighted by molar-refractivity contribution is 6.48. The van der Waals surface area contributed by atoms with Gasteiger partial charge in [0, 0.05) is 22.3 Å². The van der Waals surface area contributed by atoms with Crippen LogP contribution in [-0.4, -0.2) is 46.4 Å². The van der Waals surface area contributed by atoms with Gasteiger partial charge in [-0.25, -0.2) is 0 Å². The molecule has 11 heavy (non-hydrogen) atoms. The molecule has 1 saturated heterocycles. The van der Waals surface area contributed by atoms with Gasteiger partial charge in [0.2, 0.25) is 0 Å². The van der Waals surface area contributed by atoms with Crippen molar-refractivity contribution < 1.29 is 0 Å². The first kappa shape index (κ1) is 9.66. The monoisotopic (exact) mass is 204 g/mol. The van der Waals surface area contributed by atoms with Crippen molar-refractivity contribution in [2.45, 2.75) is 38.0 Å². The summed E-state index contributed by atoms with van der Waals surface area (Å²) in [5.74, 6) is 0. The molecule has 0 spiro atoms. The predicted octanol–water partition coefficient (Wildman–Crippen LogP) is -2.05. The van der Waals surface area contributed by atoms with Crippen molar-refractivity contribution in [3.05, 3.63) is 0 Å². The van der Waals surface area contributed by atoms with E-state index in [0.717, 1.165) is 12.1 Å². The van der Waals surface area contributed by atoms with Crippen LogP contribution in [0.1, 0.15) is 13.3 Å². The fourth-order valence-corrected chi connectivity index (χ4v) is 5.36. The summed E-state index contributed by atoms with van der Waals surface area (Å²) in [6.07, 6.45) is 1.48. The largest absolute Gasteiger partial charge is 0.357 e. The molecular formula is C6H20N2Si3. The van der Waals surface area contributed by atoms with Crippen molar-refractivity contribution in [1.29, 1.82) is 0 Å². The molecular weight excluding hydrogens is 184 g/mol. The molecule has 3 unspecified atom stereocenters. The first-order chi connectivity index (χ1) is 5.31. The van der Waals surface area contributed by atoms with Crippen molar-refractivity contribution in [3.8, 4) is 0 Å². The molecule has 2 nitrogen and oxygen atoms in total. The van der Waals surface area contributed by atoms with Gasteiger partial charge in [0.1, 0.15) is 0 Å². The van der Waals surface area contributed by atoms with Crippen LogP contribution >= 0.6 is 0 Å². The number of rotatable bonds is 5. The van der Waals surface area contributed by atoms with Crippen LogP contribution in [0.5, 0.6) is 0 Å². The molecule has 0 aromatic heterocycles. The lowest BCUT2D eigenvalue weighted by atomic mass is 10.3. The Morgan fingerprint density at radius 3 is 2.91 bits per heavy atom. The average Bonchev–Trinajstić information content (AvgIpc) is 2.59. The third-order valence-electron chi connectivity index (χ3n) is 2.55. The van der Waals surface area contributed by atoms with Gasteiger partial charge in [-0.05, 0) is 13.3 Å². The number of hydrogen-bond acceptors (Lipinski definition) is 2. The molecule has 3 atom stereocenters. The Kier molecular flexibility index (Phi) is 4.00. The van der Waals surface area contributed by atoms with Crippen LogP contribution in [0.25, 0.3) is 0 Å². The topological polar surface area (TPSA) is 15.0 Å². The van der Waals surface area contributed by atoms with Crippen molar-refractivity contribution in [3.63, 3.8) is 0 Å². The third-order valence-corrected chi connectivity index (χ3v) is 7.43. The standard InChI is InChI=1S/C6H20N2Si3/c1-5-6(3-4-9)8(5)11-7-10-2/h5-7H,3-4,10-11H2,1-2,9H3. The fourth-order valence-electron chi connectivity index (χ4n) is 1.68. The van der Waals surface area contributed by atoms with Crippen LogP contribution in [0.2, 0.25) is 12.6 Å². The second kappa shape index (κ2) is 4.56. The molecule has 1 heterocycles. The summed E-state index contributed by atoms with van der Waals surface area (Å²) in [5.41, 5.74) is 0. The van der Waals surface area contributed by atoms with E-state index in [0.29, 0.717) is 0 Å². The molecule has 0 amide bonds. The second-order valence-electron chi connectivity index (χ2n) is 3.37. The summed E-state index contributed by atoms with van der Waals surface area (Å²) in [7, 11) is 1.52. The zero-order valence-electron chi connectivity index (χ0n) is 7.93. The fraction of sp³-hybridized carbons (Fsp3) is 1.00. The summed E-state index contributed by atoms with van der Waals surface area (Å²) in [5, 5.41) is 0. The molecule has 0 radical (unpaired) electrons. The molecule has 66 valence electrons. The Morgan fingerprint density at radius 1 is 1.64 bits per heavy atom. The zero-order chi connectivity index (χ0) is 8.27. The van der Waals surface area contributed by atoms with Gasteiger partial charge in [-0.15, -0.1) is 0 Å². The normalized spacial score (nSPS) is 38.2. The van der Waals surface area contributed by atoms with Gasteiger partial charge in [0.15, 0.2) is 9.84 Å². The van der Waals surface area contributed by atoms with Gasteiger partial charge < -0.3 is 9.21 Å². The van der Waals surface area contributed by atoms with Gasteiger partial charge >= 0.3 is 0 Å². The molecule has 0 saturated carbocycles. The van der Waals surface area contributed by atoms with Gasteiger partial charge in [0.05, 0.1) is 9.68 Å². The van der Waals surface area contributed by atoms with Gasteiger partial charge in [-0.2, -0.15) is 0 Å². The van der Waals surface area contributed by atoms with Crippen molar-refractivity contribution in [1.82, 2.24) is 9.21 Å². The van der Waals surface area contributed by atoms with Crippen LogP contribution in [0.4, 0.5) is 0 Å². The van der Waals surface area contributed by atoms with E-state index in [1.165, 1.54) is 22.7 Å². The summed E-state index contributed by atoms with van der Waals surface area (Å²) < 4.78 is 6.36. The smallest absolute Gasteiger partial charge is 0.163 e. The Morgan fingerprint density at radius 2 is 2.36 bits per heavy atom. The first-order valence-electron chi connectivity index (χ1n) is 4.77. The van der Waals surface area contributed by atoms with Crippen LogP contribution in [0, 0.1) is 0 Å². The Labute approximate surface area is 77.4 Å². The second-order valence-corrected chi connectivity index (χ2v) is 8.13. The maximum absolute atomic E-state index is 3.64. The lowest BCUT2D eigenvalue weighted by Crippen LogP contribution is -2.29. The van der Waals surface area contributed by atoms with Crippen molar-refractivity contribution in [2.75, 3.05) is 0 Å². The molecule has 1 fully saturated rings. The van der Waals surface area contributed by atoms with E-state index in [4.69, 9.17) is 0 Å². The highest BCUT2D eigenvalue weighted by Crippen LogP contribution is 2.29. The predicted molar refractivity (Wildman–Crippen MR) is 60.5 cm³/mol. The zero-order valence-corrected chi connectivity index (χ0v) is 12.8. The van der Waals surface area contributed by atoms with Gasteiger partial charge in [0.25, 0.3) is 0 Å². The van der Waals surface area contributed by atoms with E-state index in [1.807, 2.05) is 0 Å². The summed E-state index contributed by atoms with van der Waals surface area (Å²) in [4.78, 5) is 0. The lowest BCUT2D eigenvalue weighted by molar-refractivity contribution is 0.721. The summed E-state index contributed by atoms with van der Waals surface area (Å²) >= 11 is 0. The molecule has 0 aromatic carbocycles. The minimum atomic E-state index is 0.00247. The third kappa shape index (κ3) is 2.52. The Balaban J connectivity index is 2.09. The van der Waals surface area contributed by atoms with E-state index in [2.05, 4.69) is 22.7 Å². The average molecular weight is 204 g/mol. The van der Waals surface area contributed by atoms with Crippen molar-refractivity contribution >= 4 is 29.8 Å². The van der Waals surface area contributed by atoms with E-state index in [-0.39, 0.29) is 19.5 Å². The van der Waals surface area contributed by atoms with E-state index < -0.39 is 0 Å². The summed E-state index contributed by atoms with van der Waals surface area (Å²) in [6, 6.07) is 3.42. The van der Waals surface area contributed by atoms with Crippen LogP contribution in [0.3, 0.4) is 0 Å². The Hall–Kier alpha value is 0.571. The number of hydrogen-bond donors (Lipinski definition) is 1. The van der Waals surface area contributed by atoms with Crippen LogP contribution in [0.15, 0.2) is 0 Å². The van der Waals surface area contributed by atoms with E-state index in [1.54, 1.807) is 0 Å².